The quantitative estimate of drug-likeness (QED) is 0.843. The normalized spacial score (nSPS) is 18.5. The molecule has 2 rings (SSSR count). The second kappa shape index (κ2) is 6.21. The van der Waals surface area contributed by atoms with Crippen LogP contribution in [0.1, 0.15) is 38.2 Å². The molecule has 1 N–H and O–H groups in total. The molecule has 0 aliphatic heterocycles. The Hall–Kier alpha value is -0.0500. The number of benzene rings is 1. The van der Waals surface area contributed by atoms with Crippen LogP contribution in [0.3, 0.4) is 0 Å². The molecule has 1 nitrogen and oxygen atoms in total. The summed E-state index contributed by atoms with van der Waals surface area (Å²) in [4.78, 5) is 0. The Kier molecular flexibility index (Phi) is 4.89. The summed E-state index contributed by atoms with van der Waals surface area (Å²) in [5, 5.41) is 4.42. The first kappa shape index (κ1) is 13.4. The van der Waals surface area contributed by atoms with E-state index in [0.717, 1.165) is 22.0 Å². The average molecular weight is 317 g/mol. The molecule has 17 heavy (non-hydrogen) atoms. The lowest BCUT2D eigenvalue weighted by molar-refractivity contribution is 0.380. The third-order valence-corrected chi connectivity index (χ3v) is 4.74. The van der Waals surface area contributed by atoms with E-state index in [0.29, 0.717) is 6.04 Å². The maximum Gasteiger partial charge on any atom is 0.0410 e. The first-order valence-electron chi connectivity index (χ1n) is 6.34. The van der Waals surface area contributed by atoms with Gasteiger partial charge in [0.2, 0.25) is 0 Å². The largest absolute Gasteiger partial charge is 0.310 e. The van der Waals surface area contributed by atoms with Gasteiger partial charge in [-0.3, -0.25) is 0 Å². The summed E-state index contributed by atoms with van der Waals surface area (Å²) in [7, 11) is 0. The van der Waals surface area contributed by atoms with Crippen molar-refractivity contribution in [2.24, 2.45) is 5.92 Å². The minimum absolute atomic E-state index is 0.600. The molecule has 0 amide bonds. The highest BCUT2D eigenvalue weighted by atomic mass is 79.9. The monoisotopic (exact) mass is 315 g/mol. The second-order valence-electron chi connectivity index (χ2n) is 4.95. The molecule has 0 saturated heterocycles. The molecule has 1 aliphatic carbocycles. The van der Waals surface area contributed by atoms with Gasteiger partial charge < -0.3 is 5.32 Å². The van der Waals surface area contributed by atoms with E-state index >= 15 is 0 Å². The van der Waals surface area contributed by atoms with Crippen molar-refractivity contribution in [1.29, 1.82) is 0 Å². The Morgan fingerprint density at radius 2 is 2.12 bits per heavy atom. The van der Waals surface area contributed by atoms with Crippen LogP contribution in [0.4, 0.5) is 0 Å². The fourth-order valence-corrected chi connectivity index (χ4v) is 3.16. The highest BCUT2D eigenvalue weighted by molar-refractivity contribution is 9.10. The van der Waals surface area contributed by atoms with Crippen LogP contribution in [0.25, 0.3) is 0 Å². The summed E-state index contributed by atoms with van der Waals surface area (Å²) in [6, 6.07) is 6.55. The van der Waals surface area contributed by atoms with E-state index in [4.69, 9.17) is 11.6 Å². The zero-order valence-electron chi connectivity index (χ0n) is 10.2. The van der Waals surface area contributed by atoms with Crippen LogP contribution in [0.15, 0.2) is 22.7 Å². The van der Waals surface area contributed by atoms with Crippen LogP contribution in [0.5, 0.6) is 0 Å². The van der Waals surface area contributed by atoms with Crippen molar-refractivity contribution in [2.75, 3.05) is 0 Å². The van der Waals surface area contributed by atoms with Crippen molar-refractivity contribution < 1.29 is 0 Å². The van der Waals surface area contributed by atoms with Crippen molar-refractivity contribution in [3.05, 3.63) is 33.3 Å². The topological polar surface area (TPSA) is 12.0 Å². The zero-order valence-corrected chi connectivity index (χ0v) is 12.5. The maximum absolute atomic E-state index is 6.01. The fourth-order valence-electron chi connectivity index (χ4n) is 2.57. The van der Waals surface area contributed by atoms with Gasteiger partial charge in [0.15, 0.2) is 0 Å². The molecule has 1 atom stereocenters. The molecule has 0 bridgehead atoms. The van der Waals surface area contributed by atoms with Crippen LogP contribution in [-0.4, -0.2) is 6.04 Å². The zero-order chi connectivity index (χ0) is 12.3. The number of nitrogens with one attached hydrogen (secondary N) is 1. The Bertz CT molecular complexity index is 374. The van der Waals surface area contributed by atoms with Crippen molar-refractivity contribution in [2.45, 2.75) is 45.2 Å². The summed E-state index contributed by atoms with van der Waals surface area (Å²) in [6.07, 6.45) is 5.56. The molecule has 0 radical (unpaired) electrons. The number of hydrogen-bond donors (Lipinski definition) is 1. The molecule has 94 valence electrons. The maximum atomic E-state index is 6.01. The molecule has 0 unspecified atom stereocenters. The summed E-state index contributed by atoms with van der Waals surface area (Å²) < 4.78 is 1.13. The summed E-state index contributed by atoms with van der Waals surface area (Å²) in [6.45, 7) is 3.19. The van der Waals surface area contributed by atoms with Gasteiger partial charge in [-0.1, -0.05) is 40.4 Å². The van der Waals surface area contributed by atoms with E-state index < -0.39 is 0 Å². The van der Waals surface area contributed by atoms with E-state index in [1.165, 1.54) is 31.2 Å². The minimum atomic E-state index is 0.600. The molecule has 0 heterocycles. The smallest absolute Gasteiger partial charge is 0.0410 e. The highest BCUT2D eigenvalue weighted by Crippen LogP contribution is 2.28. The lowest BCUT2D eigenvalue weighted by atomic mass is 9.99. The lowest BCUT2D eigenvalue weighted by Crippen LogP contribution is -2.31. The SMILES string of the molecule is C[C@H](NCc1cc(Cl)ccc1Br)C1CCCC1. The Labute approximate surface area is 117 Å². The molecule has 1 aromatic carbocycles. The third-order valence-electron chi connectivity index (χ3n) is 3.73. The average Bonchev–Trinajstić information content (AvgIpc) is 2.83. The van der Waals surface area contributed by atoms with Gasteiger partial charge in [-0.2, -0.15) is 0 Å². The molecule has 3 heteroatoms. The first-order valence-corrected chi connectivity index (χ1v) is 7.51. The van der Waals surface area contributed by atoms with Crippen molar-refractivity contribution in [3.8, 4) is 0 Å². The van der Waals surface area contributed by atoms with E-state index in [9.17, 15) is 0 Å². The van der Waals surface area contributed by atoms with Crippen LogP contribution in [0.2, 0.25) is 5.02 Å². The van der Waals surface area contributed by atoms with Gasteiger partial charge in [0, 0.05) is 22.1 Å². The second-order valence-corrected chi connectivity index (χ2v) is 6.24. The first-order chi connectivity index (χ1) is 8.16. The summed E-state index contributed by atoms with van der Waals surface area (Å²) in [5.74, 6) is 0.855. The summed E-state index contributed by atoms with van der Waals surface area (Å²) >= 11 is 9.58. The molecular weight excluding hydrogens is 298 g/mol. The highest BCUT2D eigenvalue weighted by Gasteiger charge is 2.20. The van der Waals surface area contributed by atoms with Gasteiger partial charge in [-0.05, 0) is 49.4 Å². The molecule has 1 aromatic rings. The lowest BCUT2D eigenvalue weighted by Gasteiger charge is -2.20. The Balaban J connectivity index is 1.90. The molecule has 0 aromatic heterocycles. The Morgan fingerprint density at radius 3 is 2.82 bits per heavy atom. The van der Waals surface area contributed by atoms with E-state index in [-0.39, 0.29) is 0 Å². The van der Waals surface area contributed by atoms with Crippen LogP contribution < -0.4 is 5.32 Å². The molecule has 1 aliphatic rings. The van der Waals surface area contributed by atoms with E-state index in [1.807, 2.05) is 18.2 Å². The van der Waals surface area contributed by atoms with Gasteiger partial charge in [0.25, 0.3) is 0 Å². The van der Waals surface area contributed by atoms with E-state index in [1.54, 1.807) is 0 Å². The van der Waals surface area contributed by atoms with Crippen LogP contribution in [-0.2, 0) is 6.54 Å². The molecule has 1 fully saturated rings. The van der Waals surface area contributed by atoms with Gasteiger partial charge >= 0.3 is 0 Å². The van der Waals surface area contributed by atoms with Gasteiger partial charge in [0.1, 0.15) is 0 Å². The Morgan fingerprint density at radius 1 is 1.41 bits per heavy atom. The minimum Gasteiger partial charge on any atom is -0.310 e. The standard InChI is InChI=1S/C14H19BrClN/c1-10(11-4-2-3-5-11)17-9-12-8-13(16)6-7-14(12)15/h6-8,10-11,17H,2-5,9H2,1H3/t10-/m0/s1. The van der Waals surface area contributed by atoms with Crippen molar-refractivity contribution in [3.63, 3.8) is 0 Å². The predicted octanol–water partition coefficient (Wildman–Crippen LogP) is 4.77. The fraction of sp³-hybridized carbons (Fsp3) is 0.571. The number of rotatable bonds is 4. The van der Waals surface area contributed by atoms with E-state index in [2.05, 4.69) is 28.2 Å². The van der Waals surface area contributed by atoms with Crippen LogP contribution in [0, 0.1) is 5.92 Å². The number of hydrogen-bond acceptors (Lipinski definition) is 1. The van der Waals surface area contributed by atoms with Gasteiger partial charge in [-0.15, -0.1) is 0 Å². The molecule has 1 saturated carbocycles. The predicted molar refractivity (Wildman–Crippen MR) is 77.4 cm³/mol. The van der Waals surface area contributed by atoms with Crippen LogP contribution >= 0.6 is 27.5 Å². The van der Waals surface area contributed by atoms with Crippen molar-refractivity contribution >= 4 is 27.5 Å². The van der Waals surface area contributed by atoms with Crippen molar-refractivity contribution in [1.82, 2.24) is 5.32 Å². The third kappa shape index (κ3) is 3.70. The van der Waals surface area contributed by atoms with Gasteiger partial charge in [-0.25, -0.2) is 0 Å². The molecule has 0 spiro atoms. The van der Waals surface area contributed by atoms with Gasteiger partial charge in [0.05, 0.1) is 0 Å². The summed E-state index contributed by atoms with van der Waals surface area (Å²) in [5.41, 5.74) is 1.24. The molecular formula is C14H19BrClN. The number of halogens is 2.